The van der Waals surface area contributed by atoms with Gasteiger partial charge in [0.2, 0.25) is 0 Å². The number of hydrogen-bond donors (Lipinski definition) is 1. The van der Waals surface area contributed by atoms with E-state index in [4.69, 9.17) is 18.9 Å². The van der Waals surface area contributed by atoms with Gasteiger partial charge in [-0.1, -0.05) is 13.3 Å². The van der Waals surface area contributed by atoms with E-state index in [2.05, 4.69) is 0 Å². The summed E-state index contributed by atoms with van der Waals surface area (Å²) >= 11 is 1.33. The Morgan fingerprint density at radius 2 is 1.65 bits per heavy atom. The SMILES string of the molecule is CCCC(C(=O)OC)C(C(=O)OC(C)(C)C)C(O)c1cc2cc(OC)c(OC)cc2s1. The summed E-state index contributed by atoms with van der Waals surface area (Å²) in [5, 5.41) is 12.1. The van der Waals surface area contributed by atoms with Gasteiger partial charge in [-0.05, 0) is 44.7 Å². The summed E-state index contributed by atoms with van der Waals surface area (Å²) in [7, 11) is 4.38. The molecule has 172 valence electrons. The highest BCUT2D eigenvalue weighted by Gasteiger charge is 2.42. The fourth-order valence-electron chi connectivity index (χ4n) is 3.50. The molecule has 0 spiro atoms. The van der Waals surface area contributed by atoms with Crippen LogP contribution in [0.25, 0.3) is 10.1 Å². The summed E-state index contributed by atoms with van der Waals surface area (Å²) < 4.78 is 22.1. The van der Waals surface area contributed by atoms with Crippen LogP contribution in [0.15, 0.2) is 18.2 Å². The van der Waals surface area contributed by atoms with Crippen molar-refractivity contribution in [3.8, 4) is 11.5 Å². The van der Waals surface area contributed by atoms with Crippen molar-refractivity contribution in [1.82, 2.24) is 0 Å². The van der Waals surface area contributed by atoms with Crippen molar-refractivity contribution in [2.75, 3.05) is 21.3 Å². The number of methoxy groups -OCH3 is 3. The number of esters is 2. The number of carbonyl (C=O) groups excluding carboxylic acids is 2. The average Bonchev–Trinajstić information content (AvgIpc) is 3.13. The average molecular weight is 453 g/mol. The van der Waals surface area contributed by atoms with Gasteiger partial charge in [-0.25, -0.2) is 0 Å². The summed E-state index contributed by atoms with van der Waals surface area (Å²) in [6.45, 7) is 7.16. The zero-order chi connectivity index (χ0) is 23.3. The van der Waals surface area contributed by atoms with Crippen molar-refractivity contribution in [3.63, 3.8) is 0 Å². The first-order valence-corrected chi connectivity index (χ1v) is 11.0. The highest BCUT2D eigenvalue weighted by molar-refractivity contribution is 7.19. The van der Waals surface area contributed by atoms with Gasteiger partial charge in [-0.2, -0.15) is 0 Å². The Bertz CT molecular complexity index is 872. The molecule has 0 fully saturated rings. The van der Waals surface area contributed by atoms with Crippen LogP contribution in [0.2, 0.25) is 0 Å². The first-order valence-electron chi connectivity index (χ1n) is 10.2. The number of hydrogen-bond acceptors (Lipinski definition) is 8. The lowest BCUT2D eigenvalue weighted by molar-refractivity contribution is -0.173. The van der Waals surface area contributed by atoms with Gasteiger partial charge in [0, 0.05) is 15.6 Å². The molecule has 0 saturated heterocycles. The summed E-state index contributed by atoms with van der Waals surface area (Å²) in [5.41, 5.74) is -0.761. The fourth-order valence-corrected chi connectivity index (χ4v) is 4.61. The molecule has 0 aliphatic carbocycles. The van der Waals surface area contributed by atoms with Crippen molar-refractivity contribution in [3.05, 3.63) is 23.1 Å². The molecule has 1 aromatic heterocycles. The Morgan fingerprint density at radius 1 is 1.03 bits per heavy atom. The molecule has 2 rings (SSSR count). The third-order valence-corrected chi connectivity index (χ3v) is 6.06. The maximum absolute atomic E-state index is 13.1. The molecule has 0 radical (unpaired) electrons. The van der Waals surface area contributed by atoms with Crippen LogP contribution in [0, 0.1) is 11.8 Å². The van der Waals surface area contributed by atoms with Gasteiger partial charge in [0.05, 0.1) is 27.2 Å². The van der Waals surface area contributed by atoms with Crippen molar-refractivity contribution in [2.45, 2.75) is 52.2 Å². The van der Waals surface area contributed by atoms with E-state index in [0.29, 0.717) is 29.2 Å². The summed E-state index contributed by atoms with van der Waals surface area (Å²) in [6.07, 6.45) is -0.202. The molecule has 31 heavy (non-hydrogen) atoms. The van der Waals surface area contributed by atoms with E-state index in [1.165, 1.54) is 18.4 Å². The topological polar surface area (TPSA) is 91.3 Å². The standard InChI is InChI=1S/C23H32O7S/c1-8-9-14(21(25)29-7)19(22(26)30-23(2,3)4)20(24)18-11-13-10-15(27-5)16(28-6)12-17(13)31-18/h10-12,14,19-20,24H,8-9H2,1-7H3. The van der Waals surface area contributed by atoms with E-state index in [1.54, 1.807) is 41.1 Å². The van der Waals surface area contributed by atoms with Gasteiger partial charge >= 0.3 is 11.9 Å². The minimum absolute atomic E-state index is 0.389. The Morgan fingerprint density at radius 3 is 2.16 bits per heavy atom. The molecule has 0 saturated carbocycles. The highest BCUT2D eigenvalue weighted by Crippen LogP contribution is 2.42. The van der Waals surface area contributed by atoms with Gasteiger partial charge in [0.15, 0.2) is 11.5 Å². The van der Waals surface area contributed by atoms with Gasteiger partial charge in [-0.3, -0.25) is 9.59 Å². The van der Waals surface area contributed by atoms with E-state index in [0.717, 1.165) is 10.1 Å². The first kappa shape index (κ1) is 24.9. The maximum Gasteiger partial charge on any atom is 0.313 e. The number of thiophene rings is 1. The van der Waals surface area contributed by atoms with Crippen molar-refractivity contribution in [1.29, 1.82) is 0 Å². The maximum atomic E-state index is 13.1. The third-order valence-electron chi connectivity index (χ3n) is 4.89. The first-order chi connectivity index (χ1) is 14.6. The van der Waals surface area contributed by atoms with Crippen molar-refractivity contribution >= 4 is 33.4 Å². The number of aliphatic hydroxyl groups excluding tert-OH is 1. The number of benzene rings is 1. The zero-order valence-electron chi connectivity index (χ0n) is 19.2. The fraction of sp³-hybridized carbons (Fsp3) is 0.565. The van der Waals surface area contributed by atoms with Gasteiger partial charge in [0.1, 0.15) is 17.6 Å². The largest absolute Gasteiger partial charge is 0.493 e. The van der Waals surface area contributed by atoms with Crippen LogP contribution in [0.3, 0.4) is 0 Å². The molecule has 3 unspecified atom stereocenters. The van der Waals surface area contributed by atoms with Crippen LogP contribution in [0.5, 0.6) is 11.5 Å². The summed E-state index contributed by atoms with van der Waals surface area (Å²) in [4.78, 5) is 26.2. The van der Waals surface area contributed by atoms with Gasteiger partial charge in [0.25, 0.3) is 0 Å². The summed E-state index contributed by atoms with van der Waals surface area (Å²) in [6, 6.07) is 5.43. The van der Waals surface area contributed by atoms with Crippen LogP contribution in [-0.2, 0) is 19.1 Å². The molecule has 2 aromatic rings. The van der Waals surface area contributed by atoms with E-state index in [1.807, 2.05) is 19.1 Å². The Labute approximate surface area is 187 Å². The zero-order valence-corrected chi connectivity index (χ0v) is 20.0. The number of aliphatic hydroxyl groups is 1. The second kappa shape index (κ2) is 10.3. The molecule has 0 bridgehead atoms. The summed E-state index contributed by atoms with van der Waals surface area (Å²) in [5.74, 6) is -1.95. The molecule has 8 heteroatoms. The molecule has 7 nitrogen and oxygen atoms in total. The van der Waals surface area contributed by atoms with Gasteiger partial charge in [-0.15, -0.1) is 11.3 Å². The number of rotatable bonds is 9. The number of carbonyl (C=O) groups is 2. The molecular formula is C23H32O7S. The molecule has 1 N–H and O–H groups in total. The quantitative estimate of drug-likeness (QED) is 0.560. The monoisotopic (exact) mass is 452 g/mol. The predicted molar refractivity (Wildman–Crippen MR) is 120 cm³/mol. The second-order valence-electron chi connectivity index (χ2n) is 8.32. The van der Waals surface area contributed by atoms with E-state index in [-0.39, 0.29) is 0 Å². The Hall–Kier alpha value is -2.32. The van der Waals surface area contributed by atoms with Crippen LogP contribution in [0.4, 0.5) is 0 Å². The van der Waals surface area contributed by atoms with Crippen LogP contribution in [0.1, 0.15) is 51.5 Å². The van der Waals surface area contributed by atoms with Crippen molar-refractivity contribution < 1.29 is 33.6 Å². The Kier molecular flexibility index (Phi) is 8.31. The lowest BCUT2D eigenvalue weighted by Crippen LogP contribution is -2.39. The Balaban J connectivity index is 2.53. The number of fused-ring (bicyclic) bond motifs is 1. The van der Waals surface area contributed by atoms with Crippen LogP contribution < -0.4 is 9.47 Å². The number of ether oxygens (including phenoxy) is 4. The van der Waals surface area contributed by atoms with Gasteiger partial charge < -0.3 is 24.1 Å². The van der Waals surface area contributed by atoms with Crippen LogP contribution in [-0.4, -0.2) is 44.0 Å². The molecular weight excluding hydrogens is 420 g/mol. The molecule has 1 heterocycles. The predicted octanol–water partition coefficient (Wildman–Crippen LogP) is 4.50. The normalized spacial score (nSPS) is 14.6. The third kappa shape index (κ3) is 5.89. The molecule has 0 aliphatic rings. The molecule has 0 amide bonds. The van der Waals surface area contributed by atoms with E-state index in [9.17, 15) is 14.7 Å². The van der Waals surface area contributed by atoms with Crippen LogP contribution >= 0.6 is 11.3 Å². The van der Waals surface area contributed by atoms with E-state index < -0.39 is 35.5 Å². The second-order valence-corrected chi connectivity index (χ2v) is 9.43. The highest BCUT2D eigenvalue weighted by atomic mass is 32.1. The van der Waals surface area contributed by atoms with Crippen molar-refractivity contribution in [2.24, 2.45) is 11.8 Å². The lowest BCUT2D eigenvalue weighted by Gasteiger charge is -2.30. The molecule has 1 aromatic carbocycles. The lowest BCUT2D eigenvalue weighted by atomic mass is 9.83. The molecule has 0 aliphatic heterocycles. The molecule has 3 atom stereocenters. The smallest absolute Gasteiger partial charge is 0.313 e. The van der Waals surface area contributed by atoms with E-state index >= 15 is 0 Å². The minimum Gasteiger partial charge on any atom is -0.493 e. The minimum atomic E-state index is -1.24.